The van der Waals surface area contributed by atoms with Gasteiger partial charge in [-0.2, -0.15) is 0 Å². The molecular weight excluding hydrogens is 372 g/mol. The van der Waals surface area contributed by atoms with Crippen LogP contribution in [0.1, 0.15) is 103 Å². The number of hydrogen-bond acceptors (Lipinski definition) is 0. The first kappa shape index (κ1) is 27.7. The van der Waals surface area contributed by atoms with E-state index in [1.165, 1.54) is 103 Å². The van der Waals surface area contributed by atoms with Crippen molar-refractivity contribution in [1.29, 1.82) is 0 Å². The Labute approximate surface area is 195 Å². The molecule has 0 N–H and O–H groups in total. The van der Waals surface area contributed by atoms with Crippen LogP contribution in [0.25, 0.3) is 0 Å². The van der Waals surface area contributed by atoms with Gasteiger partial charge < -0.3 is 0 Å². The van der Waals surface area contributed by atoms with Gasteiger partial charge in [0.15, 0.2) is 0 Å². The zero-order valence-corrected chi connectivity index (χ0v) is 20.6. The minimum atomic E-state index is 0.880. The van der Waals surface area contributed by atoms with Gasteiger partial charge in [0, 0.05) is 0 Å². The molecule has 0 heterocycles. The first-order chi connectivity index (χ1) is 15.2. The van der Waals surface area contributed by atoms with Crippen molar-refractivity contribution in [3.05, 3.63) is 63.3 Å². The van der Waals surface area contributed by atoms with E-state index in [0.717, 1.165) is 29.6 Å². The van der Waals surface area contributed by atoms with Crippen molar-refractivity contribution >= 4 is 0 Å². The molecule has 0 radical (unpaired) electrons. The van der Waals surface area contributed by atoms with Gasteiger partial charge in [0.25, 0.3) is 0 Å². The maximum absolute atomic E-state index is 3.68. The molecule has 0 atom stereocenters. The first-order valence-electron chi connectivity index (χ1n) is 13.2. The fraction of sp³-hybridized carbons (Fsp3) is 0.677. The molecular formula is C31H52. The summed E-state index contributed by atoms with van der Waals surface area (Å²) in [6, 6.07) is 0. The lowest BCUT2D eigenvalue weighted by atomic mass is 9.83. The molecule has 0 aromatic carbocycles. The van der Waals surface area contributed by atoms with Crippen molar-refractivity contribution in [2.75, 3.05) is 0 Å². The van der Waals surface area contributed by atoms with E-state index in [1.54, 1.807) is 0 Å². The Bertz CT molecular complexity index is 478. The van der Waals surface area contributed by atoms with Gasteiger partial charge in [-0.05, 0) is 93.8 Å². The minimum Gasteiger partial charge on any atom is -0.103 e. The molecule has 5 aliphatic carbocycles. The Balaban J connectivity index is 0.000000195. The summed E-state index contributed by atoms with van der Waals surface area (Å²) in [6.45, 7) is 18.3. The molecule has 5 fully saturated rings. The standard InChI is InChI=1S/2C7H12.2C6H10.C5H8/c1-2-4-7-5-3-6-7;1-2-3-4-7-5-6-7;1-2-6-4-3-5-6;1-2-3-6-4-5-6;1-2-5-3-4-5/h2*2,7H,1,3-6H2;2*2,6H,1,3-5H2;2,5H,1,3-4H2. The molecule has 0 aromatic rings. The van der Waals surface area contributed by atoms with Crippen LogP contribution < -0.4 is 0 Å². The van der Waals surface area contributed by atoms with Gasteiger partial charge in [-0.3, -0.25) is 0 Å². The van der Waals surface area contributed by atoms with E-state index < -0.39 is 0 Å². The van der Waals surface area contributed by atoms with Crippen LogP contribution in [0.3, 0.4) is 0 Å². The number of hydrogen-bond donors (Lipinski definition) is 0. The lowest BCUT2D eigenvalue weighted by molar-refractivity contribution is 0.320. The maximum Gasteiger partial charge on any atom is -0.0236 e. The third-order valence-corrected chi connectivity index (χ3v) is 6.84. The van der Waals surface area contributed by atoms with E-state index >= 15 is 0 Å². The molecule has 0 heteroatoms. The molecule has 0 unspecified atom stereocenters. The van der Waals surface area contributed by atoms with Crippen LogP contribution in [0.4, 0.5) is 0 Å². The average molecular weight is 425 g/mol. The van der Waals surface area contributed by atoms with Crippen molar-refractivity contribution in [3.63, 3.8) is 0 Å². The Morgan fingerprint density at radius 2 is 0.935 bits per heavy atom. The molecule has 0 bridgehead atoms. The SMILES string of the molecule is C=CC1CC1.C=CC1CCC1.C=CCC1CC1.C=CCC1CCC1.C=CCCC1CC1. The van der Waals surface area contributed by atoms with E-state index in [1.807, 2.05) is 24.3 Å². The summed E-state index contributed by atoms with van der Waals surface area (Å²) in [4.78, 5) is 0. The van der Waals surface area contributed by atoms with Crippen LogP contribution >= 0.6 is 0 Å². The van der Waals surface area contributed by atoms with Gasteiger partial charge in [-0.25, -0.2) is 0 Å². The van der Waals surface area contributed by atoms with Crippen LogP contribution in [0.15, 0.2) is 63.3 Å². The fourth-order valence-corrected chi connectivity index (χ4v) is 3.32. The monoisotopic (exact) mass is 424 g/mol. The van der Waals surface area contributed by atoms with Gasteiger partial charge in [0.05, 0.1) is 0 Å². The van der Waals surface area contributed by atoms with E-state index in [9.17, 15) is 0 Å². The van der Waals surface area contributed by atoms with E-state index in [2.05, 4.69) is 39.0 Å². The van der Waals surface area contributed by atoms with Crippen LogP contribution in [0.2, 0.25) is 0 Å². The lowest BCUT2D eigenvalue weighted by Crippen LogP contribution is -2.08. The van der Waals surface area contributed by atoms with Gasteiger partial charge in [0.1, 0.15) is 0 Å². The molecule has 0 spiro atoms. The van der Waals surface area contributed by atoms with Crippen molar-refractivity contribution in [3.8, 4) is 0 Å². The zero-order chi connectivity index (χ0) is 22.7. The van der Waals surface area contributed by atoms with Crippen molar-refractivity contribution < 1.29 is 0 Å². The Hall–Kier alpha value is -1.30. The summed E-state index contributed by atoms with van der Waals surface area (Å²) < 4.78 is 0. The number of allylic oxidation sites excluding steroid dienone is 5. The molecule has 5 aliphatic rings. The molecule has 31 heavy (non-hydrogen) atoms. The average Bonchev–Trinajstić information content (AvgIpc) is 3.56. The second-order valence-electron chi connectivity index (χ2n) is 10.1. The Morgan fingerprint density at radius 1 is 0.484 bits per heavy atom. The third kappa shape index (κ3) is 18.0. The maximum atomic E-state index is 3.68. The summed E-state index contributed by atoms with van der Waals surface area (Å²) in [5.74, 6) is 4.90. The molecule has 0 aliphatic heterocycles. The third-order valence-electron chi connectivity index (χ3n) is 6.84. The fourth-order valence-electron chi connectivity index (χ4n) is 3.32. The van der Waals surface area contributed by atoms with Crippen LogP contribution in [0.5, 0.6) is 0 Å². The highest BCUT2D eigenvalue weighted by Gasteiger charge is 2.19. The summed E-state index contributed by atoms with van der Waals surface area (Å²) in [5, 5.41) is 0. The van der Waals surface area contributed by atoms with E-state index in [0.29, 0.717) is 0 Å². The molecule has 5 rings (SSSR count). The minimum absolute atomic E-state index is 0.880. The van der Waals surface area contributed by atoms with Gasteiger partial charge >= 0.3 is 0 Å². The van der Waals surface area contributed by atoms with E-state index in [-0.39, 0.29) is 0 Å². The summed E-state index contributed by atoms with van der Waals surface area (Å²) >= 11 is 0. The summed E-state index contributed by atoms with van der Waals surface area (Å²) in [7, 11) is 0. The first-order valence-corrected chi connectivity index (χ1v) is 13.2. The molecule has 5 saturated carbocycles. The Kier molecular flexibility index (Phi) is 16.4. The van der Waals surface area contributed by atoms with Crippen LogP contribution in [-0.2, 0) is 0 Å². The summed E-state index contributed by atoms with van der Waals surface area (Å²) in [5.41, 5.74) is 0. The predicted octanol–water partition coefficient (Wildman–Crippen LogP) is 10.3. The molecule has 0 saturated heterocycles. The topological polar surface area (TPSA) is 0 Å². The molecule has 0 aromatic heterocycles. The van der Waals surface area contributed by atoms with Crippen molar-refractivity contribution in [2.24, 2.45) is 29.6 Å². The summed E-state index contributed by atoms with van der Waals surface area (Å²) in [6.07, 6.45) is 32.5. The van der Waals surface area contributed by atoms with Crippen LogP contribution in [-0.4, -0.2) is 0 Å². The van der Waals surface area contributed by atoms with Gasteiger partial charge in [0.2, 0.25) is 0 Å². The lowest BCUT2D eigenvalue weighted by Gasteiger charge is -2.23. The highest BCUT2D eigenvalue weighted by molar-refractivity contribution is 4.88. The normalized spacial score (nSPS) is 21.2. The Morgan fingerprint density at radius 3 is 1.10 bits per heavy atom. The van der Waals surface area contributed by atoms with Crippen molar-refractivity contribution in [2.45, 2.75) is 103 Å². The van der Waals surface area contributed by atoms with Gasteiger partial charge in [-0.1, -0.05) is 68.9 Å². The highest BCUT2D eigenvalue weighted by Crippen LogP contribution is 2.33. The van der Waals surface area contributed by atoms with Crippen LogP contribution in [0, 0.1) is 29.6 Å². The second kappa shape index (κ2) is 18.3. The highest BCUT2D eigenvalue weighted by atomic mass is 14.2. The quantitative estimate of drug-likeness (QED) is 0.323. The number of rotatable bonds is 9. The van der Waals surface area contributed by atoms with Gasteiger partial charge in [-0.15, -0.1) is 32.9 Å². The zero-order valence-electron chi connectivity index (χ0n) is 20.6. The molecule has 0 amide bonds. The smallest absolute Gasteiger partial charge is 0.0236 e. The predicted molar refractivity (Wildman–Crippen MR) is 142 cm³/mol. The molecule has 176 valence electrons. The molecule has 0 nitrogen and oxygen atoms in total. The second-order valence-corrected chi connectivity index (χ2v) is 10.1. The van der Waals surface area contributed by atoms with E-state index in [4.69, 9.17) is 0 Å². The largest absolute Gasteiger partial charge is 0.103 e. The van der Waals surface area contributed by atoms with Crippen molar-refractivity contribution in [1.82, 2.24) is 0 Å².